The molecule has 0 radical (unpaired) electrons. The van der Waals surface area contributed by atoms with Gasteiger partial charge in [0.15, 0.2) is 0 Å². The van der Waals surface area contributed by atoms with E-state index in [1.807, 2.05) is 0 Å². The lowest BCUT2D eigenvalue weighted by molar-refractivity contribution is 0.00983. The highest BCUT2D eigenvalue weighted by molar-refractivity contribution is 5.20. The quantitative estimate of drug-likeness (QED) is 0.333. The minimum atomic E-state index is -0.813. The van der Waals surface area contributed by atoms with Gasteiger partial charge in [0.2, 0.25) is 0 Å². The maximum atomic E-state index is 9.67. The maximum Gasteiger partial charge on any atom is 0.0783 e. The molecule has 0 aromatic heterocycles. The van der Waals surface area contributed by atoms with Crippen molar-refractivity contribution in [3.8, 4) is 0 Å². The Hall–Kier alpha value is -0.460. The lowest BCUT2D eigenvalue weighted by Gasteiger charge is -2.36. The Morgan fingerprint density at radius 2 is 1.93 bits per heavy atom. The number of nitrogens with two attached hydrogens (primary N) is 2. The molecule has 14 heavy (non-hydrogen) atoms. The highest BCUT2D eigenvalue weighted by Gasteiger charge is 2.36. The lowest BCUT2D eigenvalue weighted by Crippen LogP contribution is -2.49. The number of hydrogen-bond donors (Lipinski definition) is 5. The molecule has 0 spiro atoms. The molecule has 0 aromatic carbocycles. The normalized spacial score (nSPS) is 38.2. The van der Waals surface area contributed by atoms with Crippen LogP contribution < -0.4 is 11.5 Å². The molecule has 0 amide bonds. The van der Waals surface area contributed by atoms with E-state index in [0.717, 1.165) is 5.57 Å². The second-order valence-electron chi connectivity index (χ2n) is 3.65. The van der Waals surface area contributed by atoms with Crippen LogP contribution >= 0.6 is 0 Å². The third-order valence-electron chi connectivity index (χ3n) is 2.88. The average Bonchev–Trinajstić information content (AvgIpc) is 2.20. The van der Waals surface area contributed by atoms with Crippen molar-refractivity contribution in [1.29, 1.82) is 0 Å². The topological polar surface area (TPSA) is 113 Å². The molecule has 5 heteroatoms. The van der Waals surface area contributed by atoms with Crippen LogP contribution in [0.15, 0.2) is 11.6 Å². The SMILES string of the molecule is NCC1=CC(N)C(O)C(CO)C1CO. The van der Waals surface area contributed by atoms with Gasteiger partial charge in [-0.1, -0.05) is 11.6 Å². The summed E-state index contributed by atoms with van der Waals surface area (Å²) in [6.45, 7) is -0.0301. The Morgan fingerprint density at radius 1 is 1.29 bits per heavy atom. The van der Waals surface area contributed by atoms with Gasteiger partial charge in [0.1, 0.15) is 0 Å². The van der Waals surface area contributed by atoms with Crippen LogP contribution in [0.4, 0.5) is 0 Å². The van der Waals surface area contributed by atoms with E-state index in [4.69, 9.17) is 21.7 Å². The van der Waals surface area contributed by atoms with Crippen LogP contribution in [0.1, 0.15) is 0 Å². The average molecular weight is 202 g/mol. The van der Waals surface area contributed by atoms with Gasteiger partial charge in [0, 0.05) is 31.0 Å². The zero-order valence-corrected chi connectivity index (χ0v) is 8.00. The van der Waals surface area contributed by atoms with E-state index in [0.29, 0.717) is 6.54 Å². The van der Waals surface area contributed by atoms with Gasteiger partial charge >= 0.3 is 0 Å². The summed E-state index contributed by atoms with van der Waals surface area (Å²) in [5, 5.41) is 27.9. The van der Waals surface area contributed by atoms with Gasteiger partial charge in [-0.25, -0.2) is 0 Å². The fourth-order valence-corrected chi connectivity index (χ4v) is 1.98. The first-order valence-electron chi connectivity index (χ1n) is 4.71. The van der Waals surface area contributed by atoms with E-state index in [9.17, 15) is 5.11 Å². The number of rotatable bonds is 3. The van der Waals surface area contributed by atoms with E-state index >= 15 is 0 Å². The Morgan fingerprint density at radius 3 is 2.36 bits per heavy atom. The van der Waals surface area contributed by atoms with E-state index < -0.39 is 18.1 Å². The third-order valence-corrected chi connectivity index (χ3v) is 2.88. The molecule has 4 unspecified atom stereocenters. The summed E-state index contributed by atoms with van der Waals surface area (Å²) in [6.07, 6.45) is 0.866. The van der Waals surface area contributed by atoms with E-state index in [1.54, 1.807) is 6.08 Å². The zero-order valence-electron chi connectivity index (χ0n) is 8.00. The lowest BCUT2D eigenvalue weighted by atomic mass is 9.75. The van der Waals surface area contributed by atoms with Gasteiger partial charge in [-0.05, 0) is 0 Å². The van der Waals surface area contributed by atoms with Crippen LogP contribution in [0.25, 0.3) is 0 Å². The second kappa shape index (κ2) is 4.86. The summed E-state index contributed by atoms with van der Waals surface area (Å²) >= 11 is 0. The van der Waals surface area contributed by atoms with Gasteiger partial charge in [-0.15, -0.1) is 0 Å². The van der Waals surface area contributed by atoms with Crippen molar-refractivity contribution in [1.82, 2.24) is 0 Å². The van der Waals surface area contributed by atoms with Gasteiger partial charge in [-0.3, -0.25) is 0 Å². The molecule has 5 nitrogen and oxygen atoms in total. The van der Waals surface area contributed by atoms with Crippen molar-refractivity contribution in [2.24, 2.45) is 23.3 Å². The van der Waals surface area contributed by atoms with Crippen molar-refractivity contribution in [3.05, 3.63) is 11.6 Å². The van der Waals surface area contributed by atoms with E-state index in [-0.39, 0.29) is 19.1 Å². The number of aliphatic hydroxyl groups is 3. The Labute approximate surface area is 83.0 Å². The van der Waals surface area contributed by atoms with Crippen molar-refractivity contribution < 1.29 is 15.3 Å². The minimum absolute atomic E-state index is 0.127. The molecular weight excluding hydrogens is 184 g/mol. The molecule has 82 valence electrons. The summed E-state index contributed by atoms with van der Waals surface area (Å²) in [4.78, 5) is 0. The van der Waals surface area contributed by atoms with Crippen molar-refractivity contribution in [2.45, 2.75) is 12.1 Å². The number of aliphatic hydroxyl groups excluding tert-OH is 3. The molecule has 0 bridgehead atoms. The smallest absolute Gasteiger partial charge is 0.0783 e. The first-order valence-corrected chi connectivity index (χ1v) is 4.71. The first-order chi connectivity index (χ1) is 6.65. The molecule has 4 atom stereocenters. The molecule has 1 rings (SSSR count). The molecule has 0 saturated carbocycles. The standard InChI is InChI=1S/C9H18N2O3/c10-2-5-1-8(11)9(14)7(4-13)6(5)3-12/h1,6-9,12-14H,2-4,10-11H2. The van der Waals surface area contributed by atoms with Crippen LogP contribution in [-0.2, 0) is 0 Å². The fourth-order valence-electron chi connectivity index (χ4n) is 1.98. The molecule has 0 fully saturated rings. The van der Waals surface area contributed by atoms with Gasteiger partial charge in [0.25, 0.3) is 0 Å². The van der Waals surface area contributed by atoms with Gasteiger partial charge < -0.3 is 26.8 Å². The molecule has 0 aliphatic heterocycles. The molecule has 0 aromatic rings. The van der Waals surface area contributed by atoms with Crippen molar-refractivity contribution >= 4 is 0 Å². The van der Waals surface area contributed by atoms with Crippen LogP contribution in [0.2, 0.25) is 0 Å². The largest absolute Gasteiger partial charge is 0.396 e. The van der Waals surface area contributed by atoms with Crippen LogP contribution in [0.5, 0.6) is 0 Å². The Kier molecular flexibility index (Phi) is 4.03. The molecule has 0 heterocycles. The molecule has 0 saturated heterocycles. The summed E-state index contributed by atoms with van der Waals surface area (Å²) in [7, 11) is 0. The second-order valence-corrected chi connectivity index (χ2v) is 3.65. The molecule has 7 N–H and O–H groups in total. The highest BCUT2D eigenvalue weighted by atomic mass is 16.3. The molecule has 1 aliphatic carbocycles. The number of hydrogen-bond acceptors (Lipinski definition) is 5. The van der Waals surface area contributed by atoms with Crippen LogP contribution in [0, 0.1) is 11.8 Å². The molecule has 1 aliphatic rings. The fraction of sp³-hybridized carbons (Fsp3) is 0.778. The maximum absolute atomic E-state index is 9.67. The van der Waals surface area contributed by atoms with Crippen molar-refractivity contribution in [2.75, 3.05) is 19.8 Å². The van der Waals surface area contributed by atoms with E-state index in [2.05, 4.69) is 0 Å². The monoisotopic (exact) mass is 202 g/mol. The predicted molar refractivity (Wildman–Crippen MR) is 52.3 cm³/mol. The summed E-state index contributed by atoms with van der Waals surface area (Å²) in [5.41, 5.74) is 12.0. The van der Waals surface area contributed by atoms with Gasteiger partial charge in [-0.2, -0.15) is 0 Å². The molecular formula is C9H18N2O3. The van der Waals surface area contributed by atoms with Crippen LogP contribution in [-0.4, -0.2) is 47.2 Å². The summed E-state index contributed by atoms with van der Waals surface area (Å²) < 4.78 is 0. The minimum Gasteiger partial charge on any atom is -0.396 e. The Bertz CT molecular complexity index is 220. The third kappa shape index (κ3) is 1.97. The van der Waals surface area contributed by atoms with Gasteiger partial charge in [0.05, 0.1) is 12.7 Å². The van der Waals surface area contributed by atoms with Crippen LogP contribution in [0.3, 0.4) is 0 Å². The highest BCUT2D eigenvalue weighted by Crippen LogP contribution is 2.29. The summed E-state index contributed by atoms with van der Waals surface area (Å²) in [5.74, 6) is -0.696. The zero-order chi connectivity index (χ0) is 10.7. The van der Waals surface area contributed by atoms with E-state index in [1.165, 1.54) is 0 Å². The summed E-state index contributed by atoms with van der Waals surface area (Å²) in [6, 6.07) is -0.506. The predicted octanol–water partition coefficient (Wildman–Crippen LogP) is -2.21. The first kappa shape index (κ1) is 11.6. The van der Waals surface area contributed by atoms with Crippen molar-refractivity contribution in [3.63, 3.8) is 0 Å². The Balaban J connectivity index is 2.91.